The van der Waals surface area contributed by atoms with E-state index in [1.807, 2.05) is 6.07 Å². The van der Waals surface area contributed by atoms with E-state index in [-0.39, 0.29) is 5.91 Å². The average molecular weight is 291 g/mol. The third kappa shape index (κ3) is 3.45. The van der Waals surface area contributed by atoms with Crippen LogP contribution in [0.1, 0.15) is 25.5 Å². The zero-order valence-electron chi connectivity index (χ0n) is 12.8. The molecule has 1 aliphatic heterocycles. The van der Waals surface area contributed by atoms with Crippen LogP contribution in [0.15, 0.2) is 23.2 Å². The van der Waals surface area contributed by atoms with Crippen LogP contribution in [0.2, 0.25) is 0 Å². The van der Waals surface area contributed by atoms with Gasteiger partial charge in [-0.25, -0.2) is 0 Å². The van der Waals surface area contributed by atoms with Gasteiger partial charge in [-0.1, -0.05) is 13.8 Å². The van der Waals surface area contributed by atoms with E-state index < -0.39 is 6.04 Å². The first-order chi connectivity index (χ1) is 10.0. The Morgan fingerprint density at radius 2 is 2.05 bits per heavy atom. The summed E-state index contributed by atoms with van der Waals surface area (Å²) in [6.45, 7) is 4.81. The zero-order chi connectivity index (χ0) is 15.4. The van der Waals surface area contributed by atoms with Crippen LogP contribution >= 0.6 is 0 Å². The fourth-order valence-corrected chi connectivity index (χ4v) is 2.06. The molecule has 0 aromatic heterocycles. The molecule has 21 heavy (non-hydrogen) atoms. The lowest BCUT2D eigenvalue weighted by Crippen LogP contribution is -2.26. The van der Waals surface area contributed by atoms with Crippen LogP contribution < -0.4 is 20.1 Å². The van der Waals surface area contributed by atoms with E-state index in [1.54, 1.807) is 26.4 Å². The molecule has 2 rings (SSSR count). The van der Waals surface area contributed by atoms with Crippen LogP contribution in [0, 0.1) is 5.92 Å². The molecule has 0 saturated carbocycles. The van der Waals surface area contributed by atoms with E-state index in [1.165, 1.54) is 0 Å². The van der Waals surface area contributed by atoms with E-state index in [4.69, 9.17) is 9.47 Å². The predicted molar refractivity (Wildman–Crippen MR) is 80.7 cm³/mol. The van der Waals surface area contributed by atoms with Gasteiger partial charge in [0.25, 0.3) is 5.91 Å². The highest BCUT2D eigenvalue weighted by Crippen LogP contribution is 2.30. The van der Waals surface area contributed by atoms with Gasteiger partial charge in [0.05, 0.1) is 14.2 Å². The smallest absolute Gasteiger partial charge is 0.254 e. The zero-order valence-corrected chi connectivity index (χ0v) is 12.8. The van der Waals surface area contributed by atoms with E-state index in [9.17, 15) is 4.79 Å². The third-order valence-electron chi connectivity index (χ3n) is 3.15. The summed E-state index contributed by atoms with van der Waals surface area (Å²) in [5.74, 6) is 2.10. The molecule has 114 valence electrons. The monoisotopic (exact) mass is 291 g/mol. The second-order valence-corrected chi connectivity index (χ2v) is 5.26. The fraction of sp³-hybridized carbons (Fsp3) is 0.467. The number of rotatable bonds is 5. The maximum Gasteiger partial charge on any atom is 0.254 e. The van der Waals surface area contributed by atoms with Gasteiger partial charge in [-0.3, -0.25) is 15.1 Å². The summed E-state index contributed by atoms with van der Waals surface area (Å²) < 4.78 is 10.5. The summed E-state index contributed by atoms with van der Waals surface area (Å²) in [6.07, 6.45) is 0. The maximum atomic E-state index is 12.1. The van der Waals surface area contributed by atoms with Crippen LogP contribution in [0.4, 0.5) is 0 Å². The molecule has 1 saturated heterocycles. The second-order valence-electron chi connectivity index (χ2n) is 5.26. The number of benzene rings is 1. The quantitative estimate of drug-likeness (QED) is 0.862. The summed E-state index contributed by atoms with van der Waals surface area (Å²) in [4.78, 5) is 16.5. The lowest BCUT2D eigenvalue weighted by Gasteiger charge is -2.14. The van der Waals surface area contributed by atoms with Crippen LogP contribution in [-0.2, 0) is 4.79 Å². The number of nitrogens with zero attached hydrogens (tertiary/aromatic N) is 1. The standard InChI is InChI=1S/C15H21N3O3/c1-9(2)8-16-15-17-13(14(19)18-15)11-6-5-10(20-3)7-12(11)21-4/h5-7,9,13H,8H2,1-4H3,(H2,16,17,18,19). The molecule has 1 unspecified atom stereocenters. The van der Waals surface area contributed by atoms with Crippen molar-refractivity contribution in [2.24, 2.45) is 10.9 Å². The molecule has 1 aromatic rings. The molecule has 1 fully saturated rings. The predicted octanol–water partition coefficient (Wildman–Crippen LogP) is 1.48. The molecule has 1 amide bonds. The number of nitrogens with one attached hydrogen (secondary N) is 2. The molecule has 6 nitrogen and oxygen atoms in total. The Morgan fingerprint density at radius 1 is 1.29 bits per heavy atom. The van der Waals surface area contributed by atoms with Crippen LogP contribution in [0.25, 0.3) is 0 Å². The molecule has 0 spiro atoms. The first kappa shape index (κ1) is 15.2. The van der Waals surface area contributed by atoms with Gasteiger partial charge in [0.2, 0.25) is 0 Å². The summed E-state index contributed by atoms with van der Waals surface area (Å²) in [5, 5.41) is 5.84. The van der Waals surface area contributed by atoms with Crippen molar-refractivity contribution in [1.82, 2.24) is 10.6 Å². The molecule has 1 aliphatic rings. The molecule has 6 heteroatoms. The Hall–Kier alpha value is -2.24. The lowest BCUT2D eigenvalue weighted by molar-refractivity contribution is -0.120. The molecule has 1 heterocycles. The van der Waals surface area contributed by atoms with Crippen molar-refractivity contribution in [3.63, 3.8) is 0 Å². The molecular formula is C15H21N3O3. The maximum absolute atomic E-state index is 12.1. The van der Waals surface area contributed by atoms with Gasteiger partial charge in [0.1, 0.15) is 17.5 Å². The van der Waals surface area contributed by atoms with Crippen molar-refractivity contribution in [3.05, 3.63) is 23.8 Å². The van der Waals surface area contributed by atoms with Crippen molar-refractivity contribution in [2.45, 2.75) is 19.9 Å². The molecule has 0 bridgehead atoms. The topological polar surface area (TPSA) is 72.0 Å². The summed E-state index contributed by atoms with van der Waals surface area (Å²) in [6, 6.07) is 4.88. The minimum absolute atomic E-state index is 0.138. The Bertz CT molecular complexity index is 555. The number of hydrogen-bond acceptors (Lipinski definition) is 4. The Balaban J connectivity index is 2.22. The van der Waals surface area contributed by atoms with Gasteiger partial charge >= 0.3 is 0 Å². The number of carbonyl (C=O) groups is 1. The van der Waals surface area contributed by atoms with Gasteiger partial charge < -0.3 is 14.8 Å². The fourth-order valence-electron chi connectivity index (χ4n) is 2.06. The molecule has 1 aromatic carbocycles. The normalized spacial score (nSPS) is 19.6. The Morgan fingerprint density at radius 3 is 2.67 bits per heavy atom. The number of methoxy groups -OCH3 is 2. The highest BCUT2D eigenvalue weighted by Gasteiger charge is 2.31. The largest absolute Gasteiger partial charge is 0.497 e. The minimum atomic E-state index is -0.503. The number of hydrogen-bond donors (Lipinski definition) is 2. The van der Waals surface area contributed by atoms with Gasteiger partial charge in [0, 0.05) is 18.2 Å². The number of carbonyl (C=O) groups excluding carboxylic acids is 1. The van der Waals surface area contributed by atoms with Crippen molar-refractivity contribution in [2.75, 3.05) is 20.8 Å². The van der Waals surface area contributed by atoms with E-state index in [0.29, 0.717) is 29.9 Å². The van der Waals surface area contributed by atoms with Gasteiger partial charge in [-0.2, -0.15) is 0 Å². The van der Waals surface area contributed by atoms with Crippen LogP contribution in [-0.4, -0.2) is 32.6 Å². The summed E-state index contributed by atoms with van der Waals surface area (Å²) >= 11 is 0. The molecule has 0 aliphatic carbocycles. The third-order valence-corrected chi connectivity index (χ3v) is 3.15. The highest BCUT2D eigenvalue weighted by atomic mass is 16.5. The van der Waals surface area contributed by atoms with Crippen molar-refractivity contribution in [3.8, 4) is 11.5 Å². The average Bonchev–Trinajstić information content (AvgIpc) is 2.85. The molecule has 1 atom stereocenters. The molecular weight excluding hydrogens is 270 g/mol. The molecule has 2 N–H and O–H groups in total. The van der Waals surface area contributed by atoms with Crippen molar-refractivity contribution >= 4 is 11.9 Å². The SMILES string of the molecule is COc1ccc(C2NC(=NCC(C)C)NC2=O)c(OC)c1. The second kappa shape index (κ2) is 6.47. The number of amides is 1. The van der Waals surface area contributed by atoms with Crippen molar-refractivity contribution < 1.29 is 14.3 Å². The first-order valence-electron chi connectivity index (χ1n) is 6.89. The van der Waals surface area contributed by atoms with Gasteiger partial charge in [0.15, 0.2) is 5.96 Å². The summed E-state index contributed by atoms with van der Waals surface area (Å²) in [5.41, 5.74) is 0.755. The first-order valence-corrected chi connectivity index (χ1v) is 6.89. The Kier molecular flexibility index (Phi) is 4.67. The van der Waals surface area contributed by atoms with E-state index in [2.05, 4.69) is 29.5 Å². The number of ether oxygens (including phenoxy) is 2. The van der Waals surface area contributed by atoms with Crippen LogP contribution in [0.3, 0.4) is 0 Å². The minimum Gasteiger partial charge on any atom is -0.497 e. The van der Waals surface area contributed by atoms with Crippen molar-refractivity contribution in [1.29, 1.82) is 0 Å². The summed E-state index contributed by atoms with van der Waals surface area (Å²) in [7, 11) is 3.16. The lowest BCUT2D eigenvalue weighted by atomic mass is 10.1. The van der Waals surface area contributed by atoms with E-state index in [0.717, 1.165) is 5.56 Å². The number of aliphatic imine (C=N–C) groups is 1. The van der Waals surface area contributed by atoms with Gasteiger partial charge in [-0.15, -0.1) is 0 Å². The highest BCUT2D eigenvalue weighted by molar-refractivity contribution is 6.07. The van der Waals surface area contributed by atoms with Crippen LogP contribution in [0.5, 0.6) is 11.5 Å². The Labute approximate surface area is 124 Å². The van der Waals surface area contributed by atoms with E-state index >= 15 is 0 Å². The number of guanidine groups is 1. The van der Waals surface area contributed by atoms with Gasteiger partial charge in [-0.05, 0) is 18.1 Å². The molecule has 0 radical (unpaired) electrons.